The first-order valence-corrected chi connectivity index (χ1v) is 3.98. The van der Waals surface area contributed by atoms with E-state index in [0.717, 1.165) is 12.1 Å². The van der Waals surface area contributed by atoms with Gasteiger partial charge in [-0.25, -0.2) is 9.18 Å². The van der Waals surface area contributed by atoms with Gasteiger partial charge in [-0.3, -0.25) is 0 Å². The number of carboxylic acid groups (broad SMARTS) is 1. The standard InChI is InChI=1S/C9H5ClFNO2/c10-7-3-1-2-6(4-7)9(11,5-12)8(13)14/h1-4H,(H,13,14). The lowest BCUT2D eigenvalue weighted by Crippen LogP contribution is -2.28. The van der Waals surface area contributed by atoms with E-state index in [2.05, 4.69) is 0 Å². The Labute approximate surface area is 84.3 Å². The van der Waals surface area contributed by atoms with Crippen molar-refractivity contribution in [3.8, 4) is 6.07 Å². The molecule has 0 aliphatic carbocycles. The van der Waals surface area contributed by atoms with E-state index < -0.39 is 11.6 Å². The van der Waals surface area contributed by atoms with Crippen molar-refractivity contribution in [1.29, 1.82) is 5.26 Å². The van der Waals surface area contributed by atoms with Crippen LogP contribution in [0.4, 0.5) is 4.39 Å². The third-order valence-electron chi connectivity index (χ3n) is 1.67. The number of benzene rings is 1. The minimum atomic E-state index is -3.04. The van der Waals surface area contributed by atoms with E-state index in [0.29, 0.717) is 0 Å². The van der Waals surface area contributed by atoms with Crippen molar-refractivity contribution in [1.82, 2.24) is 0 Å². The van der Waals surface area contributed by atoms with Gasteiger partial charge in [0.05, 0.1) is 0 Å². The number of carbonyl (C=O) groups is 1. The normalized spacial score (nSPS) is 14.1. The molecule has 72 valence electrons. The maximum atomic E-state index is 13.5. The van der Waals surface area contributed by atoms with Gasteiger partial charge >= 0.3 is 11.6 Å². The largest absolute Gasteiger partial charge is 0.478 e. The first kappa shape index (κ1) is 10.5. The van der Waals surface area contributed by atoms with Crippen molar-refractivity contribution < 1.29 is 14.3 Å². The lowest BCUT2D eigenvalue weighted by Gasteiger charge is -2.12. The molecule has 0 aromatic heterocycles. The number of halogens is 2. The molecule has 1 N–H and O–H groups in total. The average molecular weight is 214 g/mol. The monoisotopic (exact) mass is 213 g/mol. The molecule has 0 heterocycles. The van der Waals surface area contributed by atoms with Gasteiger partial charge in [0.1, 0.15) is 6.07 Å². The summed E-state index contributed by atoms with van der Waals surface area (Å²) < 4.78 is 13.5. The number of hydrogen-bond donors (Lipinski definition) is 1. The molecular formula is C9H5ClFNO2. The van der Waals surface area contributed by atoms with Crippen LogP contribution < -0.4 is 0 Å². The van der Waals surface area contributed by atoms with Gasteiger partial charge in [0.2, 0.25) is 0 Å². The molecule has 0 amide bonds. The van der Waals surface area contributed by atoms with Crippen LogP contribution in [0, 0.1) is 11.3 Å². The molecule has 0 fully saturated rings. The van der Waals surface area contributed by atoms with Gasteiger partial charge < -0.3 is 5.11 Å². The molecule has 1 aromatic rings. The Morgan fingerprint density at radius 3 is 2.71 bits per heavy atom. The number of rotatable bonds is 2. The summed E-state index contributed by atoms with van der Waals surface area (Å²) >= 11 is 5.54. The summed E-state index contributed by atoms with van der Waals surface area (Å²) in [6.45, 7) is 0. The average Bonchev–Trinajstić information content (AvgIpc) is 2.16. The Balaban J connectivity index is 3.28. The van der Waals surface area contributed by atoms with E-state index in [-0.39, 0.29) is 10.6 Å². The van der Waals surface area contributed by atoms with Crippen LogP contribution in [0.15, 0.2) is 24.3 Å². The number of nitriles is 1. The van der Waals surface area contributed by atoms with Crippen molar-refractivity contribution in [3.63, 3.8) is 0 Å². The summed E-state index contributed by atoms with van der Waals surface area (Å²) in [6, 6.07) is 6.25. The molecule has 1 rings (SSSR count). The predicted molar refractivity (Wildman–Crippen MR) is 47.5 cm³/mol. The first-order valence-electron chi connectivity index (χ1n) is 3.60. The maximum absolute atomic E-state index is 13.5. The molecule has 0 saturated carbocycles. The summed E-state index contributed by atoms with van der Waals surface area (Å²) in [5.74, 6) is -1.85. The molecular weight excluding hydrogens is 209 g/mol. The Kier molecular flexibility index (Phi) is 2.73. The molecule has 1 atom stereocenters. The van der Waals surface area contributed by atoms with E-state index in [9.17, 15) is 9.18 Å². The van der Waals surface area contributed by atoms with Crippen molar-refractivity contribution in [2.45, 2.75) is 5.67 Å². The van der Waals surface area contributed by atoms with E-state index >= 15 is 0 Å². The molecule has 0 aliphatic heterocycles. The van der Waals surface area contributed by atoms with Gasteiger partial charge in [0, 0.05) is 10.6 Å². The number of alkyl halides is 1. The van der Waals surface area contributed by atoms with E-state index in [4.69, 9.17) is 22.0 Å². The number of aliphatic carboxylic acids is 1. The first-order chi connectivity index (χ1) is 6.50. The van der Waals surface area contributed by atoms with Gasteiger partial charge in [-0.15, -0.1) is 0 Å². The van der Waals surface area contributed by atoms with Crippen molar-refractivity contribution in [2.24, 2.45) is 0 Å². The van der Waals surface area contributed by atoms with Crippen LogP contribution in [0.3, 0.4) is 0 Å². The lowest BCUT2D eigenvalue weighted by atomic mass is 9.98. The highest BCUT2D eigenvalue weighted by atomic mass is 35.5. The van der Waals surface area contributed by atoms with Crippen LogP contribution in [0.2, 0.25) is 5.02 Å². The molecule has 0 radical (unpaired) electrons. The van der Waals surface area contributed by atoms with Gasteiger partial charge in [-0.05, 0) is 12.1 Å². The highest BCUT2D eigenvalue weighted by Crippen LogP contribution is 2.27. The second-order valence-electron chi connectivity index (χ2n) is 2.59. The smallest absolute Gasteiger partial charge is 0.361 e. The second-order valence-corrected chi connectivity index (χ2v) is 3.02. The fourth-order valence-electron chi connectivity index (χ4n) is 0.939. The molecule has 0 saturated heterocycles. The molecule has 14 heavy (non-hydrogen) atoms. The topological polar surface area (TPSA) is 61.1 Å². The van der Waals surface area contributed by atoms with Gasteiger partial charge in [-0.1, -0.05) is 23.7 Å². The summed E-state index contributed by atoms with van der Waals surface area (Å²) in [7, 11) is 0. The fraction of sp³-hybridized carbons (Fsp3) is 0.111. The molecule has 1 unspecified atom stereocenters. The third kappa shape index (κ3) is 1.68. The van der Waals surface area contributed by atoms with E-state index in [1.807, 2.05) is 0 Å². The van der Waals surface area contributed by atoms with Crippen LogP contribution in [0.1, 0.15) is 5.56 Å². The number of nitrogens with zero attached hydrogens (tertiary/aromatic N) is 1. The zero-order valence-corrected chi connectivity index (χ0v) is 7.62. The van der Waals surface area contributed by atoms with Gasteiger partial charge in [-0.2, -0.15) is 5.26 Å². The SMILES string of the molecule is N#CC(F)(C(=O)O)c1cccc(Cl)c1. The number of hydrogen-bond acceptors (Lipinski definition) is 2. The fourth-order valence-corrected chi connectivity index (χ4v) is 1.13. The van der Waals surface area contributed by atoms with Crippen LogP contribution in [-0.4, -0.2) is 11.1 Å². The maximum Gasteiger partial charge on any atom is 0.361 e. The van der Waals surface area contributed by atoms with E-state index in [1.54, 1.807) is 0 Å². The molecule has 1 aromatic carbocycles. The second kappa shape index (κ2) is 3.64. The molecule has 0 aliphatic rings. The zero-order chi connectivity index (χ0) is 10.8. The summed E-state index contributed by atoms with van der Waals surface area (Å²) in [5.41, 5.74) is -3.31. The molecule has 3 nitrogen and oxygen atoms in total. The zero-order valence-electron chi connectivity index (χ0n) is 6.87. The van der Waals surface area contributed by atoms with Gasteiger partial charge in [0.25, 0.3) is 0 Å². The number of carboxylic acids is 1. The van der Waals surface area contributed by atoms with Crippen LogP contribution >= 0.6 is 11.6 Å². The highest BCUT2D eigenvalue weighted by molar-refractivity contribution is 6.30. The molecule has 0 spiro atoms. The highest BCUT2D eigenvalue weighted by Gasteiger charge is 2.41. The van der Waals surface area contributed by atoms with Gasteiger partial charge in [0.15, 0.2) is 0 Å². The molecule has 0 bridgehead atoms. The van der Waals surface area contributed by atoms with Crippen molar-refractivity contribution in [2.75, 3.05) is 0 Å². The van der Waals surface area contributed by atoms with Crippen LogP contribution in [-0.2, 0) is 10.5 Å². The Bertz CT molecular complexity index is 416. The van der Waals surface area contributed by atoms with Crippen molar-refractivity contribution >= 4 is 17.6 Å². The summed E-state index contributed by atoms with van der Waals surface area (Å²) in [4.78, 5) is 10.5. The van der Waals surface area contributed by atoms with Crippen LogP contribution in [0.25, 0.3) is 0 Å². The molecule has 5 heteroatoms. The Morgan fingerprint density at radius 2 is 2.29 bits per heavy atom. The Morgan fingerprint density at radius 1 is 1.64 bits per heavy atom. The lowest BCUT2D eigenvalue weighted by molar-refractivity contribution is -0.147. The summed E-state index contributed by atoms with van der Waals surface area (Å²) in [5, 5.41) is 17.2. The van der Waals surface area contributed by atoms with Crippen LogP contribution in [0.5, 0.6) is 0 Å². The van der Waals surface area contributed by atoms with E-state index in [1.165, 1.54) is 18.2 Å². The minimum absolute atomic E-state index is 0.182. The third-order valence-corrected chi connectivity index (χ3v) is 1.91. The Hall–Kier alpha value is -1.60. The predicted octanol–water partition coefficient (Wildman–Crippen LogP) is 2.11. The van der Waals surface area contributed by atoms with Crippen molar-refractivity contribution in [3.05, 3.63) is 34.9 Å². The minimum Gasteiger partial charge on any atom is -0.478 e. The summed E-state index contributed by atoms with van der Waals surface area (Å²) in [6.07, 6.45) is 0. The quantitative estimate of drug-likeness (QED) is 0.819.